The minimum atomic E-state index is -0.330. The van der Waals surface area contributed by atoms with Crippen molar-refractivity contribution in [1.29, 1.82) is 0 Å². The van der Waals surface area contributed by atoms with Crippen LogP contribution < -0.4 is 0 Å². The molecule has 1 aromatic rings. The van der Waals surface area contributed by atoms with Gasteiger partial charge in [-0.1, -0.05) is 17.7 Å². The van der Waals surface area contributed by atoms with Crippen molar-refractivity contribution in [2.45, 2.75) is 26.4 Å². The molecular weight excluding hydrogens is 317 g/mol. The van der Waals surface area contributed by atoms with Gasteiger partial charge < -0.3 is 19.8 Å². The Kier molecular flexibility index (Phi) is 4.39. The smallest absolute Gasteiger partial charge is 0.156 e. The number of hydrogen-bond donors (Lipinski definition) is 1. The fourth-order valence-corrected chi connectivity index (χ4v) is 3.06. The Hall–Kier alpha value is -1.88. The van der Waals surface area contributed by atoms with E-state index in [1.54, 1.807) is 12.3 Å². The highest BCUT2D eigenvalue weighted by atomic mass is 35.5. The van der Waals surface area contributed by atoms with Crippen molar-refractivity contribution in [2.75, 3.05) is 19.8 Å². The normalized spacial score (nSPS) is 18.0. The van der Waals surface area contributed by atoms with Gasteiger partial charge in [0, 0.05) is 43.1 Å². The van der Waals surface area contributed by atoms with Crippen LogP contribution in [0.3, 0.4) is 0 Å². The van der Waals surface area contributed by atoms with Gasteiger partial charge in [-0.15, -0.1) is 0 Å². The van der Waals surface area contributed by atoms with Crippen LogP contribution in [0.1, 0.15) is 19.4 Å². The number of rotatable bonds is 3. The number of halogens is 2. The first-order valence-electron chi connectivity index (χ1n) is 7.75. The molecule has 124 valence electrons. The molecule has 0 saturated heterocycles. The molecule has 0 atom stereocenters. The van der Waals surface area contributed by atoms with Gasteiger partial charge in [-0.2, -0.15) is 0 Å². The molecule has 0 radical (unpaired) electrons. The SMILES string of the molecule is CC(C)N1C=C(O)C2=CN(Cc3ccc(F)cc3Cl)CCN2C1. The summed E-state index contributed by atoms with van der Waals surface area (Å²) in [6.45, 7) is 7.23. The Bertz CT molecular complexity index is 659. The third-order valence-corrected chi connectivity index (χ3v) is 4.59. The first-order chi connectivity index (χ1) is 10.9. The van der Waals surface area contributed by atoms with Gasteiger partial charge in [0.25, 0.3) is 0 Å². The molecule has 0 fully saturated rings. The fraction of sp³-hybridized carbons (Fsp3) is 0.412. The first kappa shape index (κ1) is 16.0. The lowest BCUT2D eigenvalue weighted by atomic mass is 10.1. The minimum absolute atomic E-state index is 0.278. The number of fused-ring (bicyclic) bond motifs is 1. The second-order valence-corrected chi connectivity index (χ2v) is 6.65. The molecule has 6 heteroatoms. The molecule has 2 aliphatic rings. The van der Waals surface area contributed by atoms with E-state index in [0.717, 1.165) is 31.0 Å². The van der Waals surface area contributed by atoms with Crippen LogP contribution in [-0.2, 0) is 6.54 Å². The Morgan fingerprint density at radius 2 is 2.04 bits per heavy atom. The molecule has 0 unspecified atom stereocenters. The molecule has 1 N–H and O–H groups in total. The van der Waals surface area contributed by atoms with Gasteiger partial charge in [-0.3, -0.25) is 0 Å². The van der Waals surface area contributed by atoms with Crippen LogP contribution in [0.5, 0.6) is 0 Å². The lowest BCUT2D eigenvalue weighted by molar-refractivity contribution is 0.120. The summed E-state index contributed by atoms with van der Waals surface area (Å²) in [5.74, 6) is -0.0524. The molecule has 0 amide bonds. The fourth-order valence-electron chi connectivity index (χ4n) is 2.83. The summed E-state index contributed by atoms with van der Waals surface area (Å²) in [5, 5.41) is 10.7. The van der Waals surface area contributed by atoms with Gasteiger partial charge in [-0.05, 0) is 31.5 Å². The second-order valence-electron chi connectivity index (χ2n) is 6.25. The van der Waals surface area contributed by atoms with E-state index in [1.165, 1.54) is 12.1 Å². The maximum absolute atomic E-state index is 13.1. The molecule has 3 rings (SSSR count). The zero-order valence-electron chi connectivity index (χ0n) is 13.3. The third-order valence-electron chi connectivity index (χ3n) is 4.24. The largest absolute Gasteiger partial charge is 0.504 e. The molecule has 2 aliphatic heterocycles. The van der Waals surface area contributed by atoms with Crippen LogP contribution >= 0.6 is 11.6 Å². The summed E-state index contributed by atoms with van der Waals surface area (Å²) in [5.41, 5.74) is 1.70. The predicted molar refractivity (Wildman–Crippen MR) is 89.2 cm³/mol. The van der Waals surface area contributed by atoms with E-state index in [-0.39, 0.29) is 11.6 Å². The van der Waals surface area contributed by atoms with Crippen LogP contribution in [0.15, 0.2) is 42.1 Å². The summed E-state index contributed by atoms with van der Waals surface area (Å²) in [6.07, 6.45) is 3.74. The van der Waals surface area contributed by atoms with Crippen molar-refractivity contribution in [2.24, 2.45) is 0 Å². The quantitative estimate of drug-likeness (QED) is 0.914. The number of hydrogen-bond acceptors (Lipinski definition) is 4. The van der Waals surface area contributed by atoms with Crippen molar-refractivity contribution < 1.29 is 9.50 Å². The molecule has 23 heavy (non-hydrogen) atoms. The Labute approximate surface area is 141 Å². The van der Waals surface area contributed by atoms with Crippen molar-refractivity contribution in [3.05, 3.63) is 58.5 Å². The summed E-state index contributed by atoms with van der Waals surface area (Å²) in [7, 11) is 0. The Balaban J connectivity index is 1.79. The lowest BCUT2D eigenvalue weighted by Gasteiger charge is -2.43. The summed E-state index contributed by atoms with van der Waals surface area (Å²) in [4.78, 5) is 6.37. The predicted octanol–water partition coefficient (Wildman–Crippen LogP) is 3.52. The third kappa shape index (κ3) is 3.39. The van der Waals surface area contributed by atoms with E-state index in [4.69, 9.17) is 11.6 Å². The number of aliphatic hydroxyl groups is 1. The van der Waals surface area contributed by atoms with Crippen LogP contribution in [0.2, 0.25) is 5.02 Å². The first-order valence-corrected chi connectivity index (χ1v) is 8.13. The number of aliphatic hydroxyl groups excluding tert-OH is 1. The van der Waals surface area contributed by atoms with Crippen molar-refractivity contribution in [3.63, 3.8) is 0 Å². The van der Waals surface area contributed by atoms with Gasteiger partial charge >= 0.3 is 0 Å². The molecule has 0 aromatic heterocycles. The summed E-state index contributed by atoms with van der Waals surface area (Å²) in [6, 6.07) is 4.80. The van der Waals surface area contributed by atoms with Crippen molar-refractivity contribution in [3.8, 4) is 0 Å². The highest BCUT2D eigenvalue weighted by Gasteiger charge is 2.27. The monoisotopic (exact) mass is 337 g/mol. The average Bonchev–Trinajstić information content (AvgIpc) is 2.50. The maximum atomic E-state index is 13.1. The second kappa shape index (κ2) is 6.32. The highest BCUT2D eigenvalue weighted by Crippen LogP contribution is 2.27. The zero-order valence-corrected chi connectivity index (χ0v) is 14.1. The molecule has 0 spiro atoms. The maximum Gasteiger partial charge on any atom is 0.156 e. The van der Waals surface area contributed by atoms with Gasteiger partial charge in [0.1, 0.15) is 5.82 Å². The number of nitrogens with zero attached hydrogens (tertiary/aromatic N) is 3. The zero-order chi connectivity index (χ0) is 16.6. The molecule has 0 saturated carbocycles. The van der Waals surface area contributed by atoms with E-state index in [0.29, 0.717) is 17.6 Å². The molecule has 0 aliphatic carbocycles. The average molecular weight is 338 g/mol. The van der Waals surface area contributed by atoms with Gasteiger partial charge in [0.2, 0.25) is 0 Å². The highest BCUT2D eigenvalue weighted by molar-refractivity contribution is 6.31. The topological polar surface area (TPSA) is 30.0 Å². The molecule has 4 nitrogen and oxygen atoms in total. The van der Waals surface area contributed by atoms with E-state index in [1.807, 2.05) is 6.20 Å². The molecule has 2 heterocycles. The Morgan fingerprint density at radius 3 is 2.74 bits per heavy atom. The summed E-state index contributed by atoms with van der Waals surface area (Å²) < 4.78 is 13.1. The van der Waals surface area contributed by atoms with E-state index >= 15 is 0 Å². The van der Waals surface area contributed by atoms with Gasteiger partial charge in [0.15, 0.2) is 5.76 Å². The Morgan fingerprint density at radius 1 is 1.26 bits per heavy atom. The standard InChI is InChI=1S/C17H21ClFN3O/c1-12(2)22-10-17(23)16-9-20(5-6-21(16)11-22)8-13-3-4-14(19)7-15(13)18/h3-4,7,9-10,12,23H,5-6,8,11H2,1-2H3. The lowest BCUT2D eigenvalue weighted by Crippen LogP contribution is -2.47. The van der Waals surface area contributed by atoms with E-state index in [2.05, 4.69) is 28.5 Å². The molecule has 1 aromatic carbocycles. The van der Waals surface area contributed by atoms with Crippen LogP contribution in [0, 0.1) is 5.82 Å². The van der Waals surface area contributed by atoms with Gasteiger partial charge in [0.05, 0.1) is 12.4 Å². The minimum Gasteiger partial charge on any atom is -0.504 e. The molecular formula is C17H21ClFN3O. The van der Waals surface area contributed by atoms with Gasteiger partial charge in [-0.25, -0.2) is 4.39 Å². The van der Waals surface area contributed by atoms with Crippen molar-refractivity contribution in [1.82, 2.24) is 14.7 Å². The number of benzene rings is 1. The van der Waals surface area contributed by atoms with Crippen LogP contribution in [-0.4, -0.2) is 45.6 Å². The van der Waals surface area contributed by atoms with Crippen LogP contribution in [0.4, 0.5) is 4.39 Å². The van der Waals surface area contributed by atoms with Crippen LogP contribution in [0.25, 0.3) is 0 Å². The van der Waals surface area contributed by atoms with Crippen molar-refractivity contribution >= 4 is 11.6 Å². The molecule has 0 bridgehead atoms. The van der Waals surface area contributed by atoms with E-state index in [9.17, 15) is 9.50 Å². The van der Waals surface area contributed by atoms with E-state index < -0.39 is 0 Å². The summed E-state index contributed by atoms with van der Waals surface area (Å²) >= 11 is 6.10.